The molecule has 1 aromatic rings. The maximum Gasteiger partial charge on any atom is 0.149 e. The summed E-state index contributed by atoms with van der Waals surface area (Å²) in [5.41, 5.74) is 6.01. The number of nitrogens with two attached hydrogens (primary N) is 1. The topological polar surface area (TPSA) is 59.0 Å². The number of rotatable bonds is 3. The largest absolute Gasteiger partial charge is 0.491 e. The molecule has 2 N–H and O–H groups in total. The highest BCUT2D eigenvalue weighted by Crippen LogP contribution is 2.30. The fourth-order valence-corrected chi connectivity index (χ4v) is 1.47. The third-order valence-electron chi connectivity index (χ3n) is 1.36. The second kappa shape index (κ2) is 3.98. The Hall–Kier alpha value is -1.21. The van der Waals surface area contributed by atoms with E-state index in [0.717, 1.165) is 6.42 Å². The Kier molecular flexibility index (Phi) is 2.94. The van der Waals surface area contributed by atoms with Crippen LogP contribution in [0.5, 0.6) is 5.75 Å². The molecule has 12 heavy (non-hydrogen) atoms. The molecule has 0 aliphatic heterocycles. The SMILES string of the molecule is CCCOc1csc(N)c1C#N. The zero-order chi connectivity index (χ0) is 8.97. The molecular formula is C8H10N2OS. The minimum absolute atomic E-state index is 0.466. The van der Waals surface area contributed by atoms with Crippen LogP contribution in [-0.4, -0.2) is 6.61 Å². The molecule has 0 unspecified atom stereocenters. The van der Waals surface area contributed by atoms with Crippen LogP contribution in [0.15, 0.2) is 5.38 Å². The lowest BCUT2D eigenvalue weighted by molar-refractivity contribution is 0.318. The molecule has 3 nitrogen and oxygen atoms in total. The summed E-state index contributed by atoms with van der Waals surface area (Å²) in [6.45, 7) is 2.65. The number of anilines is 1. The zero-order valence-electron chi connectivity index (χ0n) is 6.83. The van der Waals surface area contributed by atoms with Crippen LogP contribution in [0.25, 0.3) is 0 Å². The van der Waals surface area contributed by atoms with Gasteiger partial charge in [-0.25, -0.2) is 0 Å². The van der Waals surface area contributed by atoms with Crippen LogP contribution in [0, 0.1) is 11.3 Å². The van der Waals surface area contributed by atoms with Crippen molar-refractivity contribution in [3.8, 4) is 11.8 Å². The van der Waals surface area contributed by atoms with Gasteiger partial charge >= 0.3 is 0 Å². The van der Waals surface area contributed by atoms with Crippen molar-refractivity contribution < 1.29 is 4.74 Å². The molecule has 0 aromatic carbocycles. The van der Waals surface area contributed by atoms with Crippen LogP contribution in [0.1, 0.15) is 18.9 Å². The third kappa shape index (κ3) is 1.69. The van der Waals surface area contributed by atoms with Gasteiger partial charge in [-0.1, -0.05) is 6.92 Å². The van der Waals surface area contributed by atoms with Crippen LogP contribution in [0.3, 0.4) is 0 Å². The molecule has 0 atom stereocenters. The second-order valence-electron chi connectivity index (χ2n) is 2.30. The Bertz CT molecular complexity index is 300. The number of nitriles is 1. The van der Waals surface area contributed by atoms with Gasteiger partial charge in [-0.05, 0) is 6.42 Å². The molecule has 0 fully saturated rings. The molecular weight excluding hydrogens is 172 g/mol. The van der Waals surface area contributed by atoms with Crippen molar-refractivity contribution in [3.05, 3.63) is 10.9 Å². The molecule has 0 saturated heterocycles. The van der Waals surface area contributed by atoms with Gasteiger partial charge < -0.3 is 10.5 Å². The number of hydrogen-bond acceptors (Lipinski definition) is 4. The zero-order valence-corrected chi connectivity index (χ0v) is 7.65. The van der Waals surface area contributed by atoms with Gasteiger partial charge in [0.2, 0.25) is 0 Å². The van der Waals surface area contributed by atoms with Gasteiger partial charge in [-0.15, -0.1) is 11.3 Å². The summed E-state index contributed by atoms with van der Waals surface area (Å²) < 4.78 is 5.31. The lowest BCUT2D eigenvalue weighted by atomic mass is 10.3. The summed E-state index contributed by atoms with van der Waals surface area (Å²) in [6, 6.07) is 2.01. The highest BCUT2D eigenvalue weighted by atomic mass is 32.1. The van der Waals surface area contributed by atoms with E-state index in [2.05, 4.69) is 0 Å². The first kappa shape index (κ1) is 8.88. The summed E-state index contributed by atoms with van der Waals surface area (Å²) in [6.07, 6.45) is 0.931. The number of nitrogen functional groups attached to an aromatic ring is 1. The summed E-state index contributed by atoms with van der Waals surface area (Å²) in [5, 5.41) is 11.0. The summed E-state index contributed by atoms with van der Waals surface area (Å²) in [7, 11) is 0. The number of nitrogens with zero attached hydrogens (tertiary/aromatic N) is 1. The fraction of sp³-hybridized carbons (Fsp3) is 0.375. The second-order valence-corrected chi connectivity index (χ2v) is 3.21. The summed E-state index contributed by atoms with van der Waals surface area (Å²) in [4.78, 5) is 0. The minimum Gasteiger partial charge on any atom is -0.491 e. The van der Waals surface area contributed by atoms with Crippen molar-refractivity contribution in [1.82, 2.24) is 0 Å². The molecule has 0 amide bonds. The third-order valence-corrected chi connectivity index (χ3v) is 2.15. The molecule has 0 saturated carbocycles. The van der Waals surface area contributed by atoms with E-state index in [9.17, 15) is 0 Å². The van der Waals surface area contributed by atoms with Crippen molar-refractivity contribution in [2.75, 3.05) is 12.3 Å². The predicted octanol–water partition coefficient (Wildman–Crippen LogP) is 1.99. The van der Waals surface area contributed by atoms with Crippen molar-refractivity contribution >= 4 is 16.3 Å². The van der Waals surface area contributed by atoms with Crippen LogP contribution in [-0.2, 0) is 0 Å². The van der Waals surface area contributed by atoms with Crippen molar-refractivity contribution in [2.45, 2.75) is 13.3 Å². The predicted molar refractivity (Wildman–Crippen MR) is 49.2 cm³/mol. The lowest BCUT2D eigenvalue weighted by Crippen LogP contribution is -1.95. The summed E-state index contributed by atoms with van der Waals surface area (Å²) >= 11 is 1.34. The maximum absolute atomic E-state index is 8.68. The lowest BCUT2D eigenvalue weighted by Gasteiger charge is -2.00. The Morgan fingerprint density at radius 3 is 3.08 bits per heavy atom. The standard InChI is InChI=1S/C8H10N2OS/c1-2-3-11-7-5-12-8(10)6(7)4-9/h5H,2-3,10H2,1H3. The van der Waals surface area contributed by atoms with Crippen LogP contribution >= 0.6 is 11.3 Å². The normalized spacial score (nSPS) is 9.33. The van der Waals surface area contributed by atoms with Crippen molar-refractivity contribution in [3.63, 3.8) is 0 Å². The van der Waals surface area contributed by atoms with Crippen molar-refractivity contribution in [2.24, 2.45) is 0 Å². The van der Waals surface area contributed by atoms with Crippen LogP contribution < -0.4 is 10.5 Å². The molecule has 4 heteroatoms. The van der Waals surface area contributed by atoms with E-state index in [1.54, 1.807) is 5.38 Å². The highest BCUT2D eigenvalue weighted by molar-refractivity contribution is 7.14. The molecule has 1 aromatic heterocycles. The molecule has 64 valence electrons. The molecule has 1 rings (SSSR count). The Labute approximate surface area is 75.4 Å². The average molecular weight is 182 g/mol. The molecule has 0 bridgehead atoms. The minimum atomic E-state index is 0.466. The molecule has 0 spiro atoms. The Balaban J connectivity index is 2.79. The van der Waals surface area contributed by atoms with E-state index < -0.39 is 0 Å². The Morgan fingerprint density at radius 2 is 2.50 bits per heavy atom. The highest BCUT2D eigenvalue weighted by Gasteiger charge is 2.08. The van der Waals surface area contributed by atoms with E-state index in [4.69, 9.17) is 15.7 Å². The van der Waals surface area contributed by atoms with Gasteiger partial charge in [0.1, 0.15) is 22.4 Å². The number of thiophene rings is 1. The monoisotopic (exact) mass is 182 g/mol. The van der Waals surface area contributed by atoms with Crippen molar-refractivity contribution in [1.29, 1.82) is 5.26 Å². The first-order valence-electron chi connectivity index (χ1n) is 3.69. The van der Waals surface area contributed by atoms with Gasteiger partial charge in [0.25, 0.3) is 0 Å². The average Bonchev–Trinajstić information content (AvgIpc) is 2.43. The smallest absolute Gasteiger partial charge is 0.149 e. The van der Waals surface area contributed by atoms with E-state index in [1.165, 1.54) is 11.3 Å². The first-order valence-corrected chi connectivity index (χ1v) is 4.57. The number of hydrogen-bond donors (Lipinski definition) is 1. The Morgan fingerprint density at radius 1 is 1.75 bits per heavy atom. The van der Waals surface area contributed by atoms with Gasteiger partial charge in [0.05, 0.1) is 6.61 Å². The van der Waals surface area contributed by atoms with E-state index in [1.807, 2.05) is 13.0 Å². The molecule has 0 aliphatic rings. The fourth-order valence-electron chi connectivity index (χ4n) is 0.785. The van der Waals surface area contributed by atoms with Gasteiger partial charge in [0.15, 0.2) is 0 Å². The molecule has 0 aliphatic carbocycles. The van der Waals surface area contributed by atoms with E-state index in [0.29, 0.717) is 22.9 Å². The quantitative estimate of drug-likeness (QED) is 0.777. The van der Waals surface area contributed by atoms with Gasteiger partial charge in [0, 0.05) is 5.38 Å². The van der Waals surface area contributed by atoms with Gasteiger partial charge in [-0.3, -0.25) is 0 Å². The first-order chi connectivity index (χ1) is 5.79. The maximum atomic E-state index is 8.68. The number of ether oxygens (including phenoxy) is 1. The summed E-state index contributed by atoms with van der Waals surface area (Å²) in [5.74, 6) is 0.613. The van der Waals surface area contributed by atoms with Gasteiger partial charge in [-0.2, -0.15) is 5.26 Å². The molecule has 1 heterocycles. The molecule has 0 radical (unpaired) electrons. The van der Waals surface area contributed by atoms with Crippen LogP contribution in [0.4, 0.5) is 5.00 Å². The van der Waals surface area contributed by atoms with Crippen LogP contribution in [0.2, 0.25) is 0 Å². The van der Waals surface area contributed by atoms with E-state index in [-0.39, 0.29) is 0 Å². The van der Waals surface area contributed by atoms with E-state index >= 15 is 0 Å².